The van der Waals surface area contributed by atoms with Gasteiger partial charge in [0.25, 0.3) is 0 Å². The van der Waals surface area contributed by atoms with Crippen LogP contribution in [-0.4, -0.2) is 18.9 Å². The van der Waals surface area contributed by atoms with Gasteiger partial charge in [-0.1, -0.05) is 97.1 Å². The summed E-state index contributed by atoms with van der Waals surface area (Å²) in [5, 5.41) is 6.93. The highest BCUT2D eigenvalue weighted by atomic mass is 16.1. The van der Waals surface area contributed by atoms with Crippen molar-refractivity contribution >= 4 is 17.2 Å². The van der Waals surface area contributed by atoms with E-state index in [2.05, 4.69) is 10.6 Å². The van der Waals surface area contributed by atoms with E-state index in [4.69, 9.17) is 0 Å². The number of para-hydroxylation sites is 2. The van der Waals surface area contributed by atoms with Crippen molar-refractivity contribution < 1.29 is 4.79 Å². The third-order valence-electron chi connectivity index (χ3n) is 5.66. The molecule has 0 saturated heterocycles. The molecule has 0 bridgehead atoms. The minimum Gasteiger partial charge on any atom is -0.384 e. The van der Waals surface area contributed by atoms with Crippen molar-refractivity contribution in [2.45, 2.75) is 11.8 Å². The quantitative estimate of drug-likeness (QED) is 0.314. The maximum absolute atomic E-state index is 14.0. The van der Waals surface area contributed by atoms with Crippen LogP contribution in [0.1, 0.15) is 23.0 Å². The zero-order valence-corrected chi connectivity index (χ0v) is 18.0. The van der Waals surface area contributed by atoms with E-state index >= 15 is 0 Å². The van der Waals surface area contributed by atoms with Crippen LogP contribution in [0.2, 0.25) is 0 Å². The Morgan fingerprint density at radius 1 is 0.500 bits per heavy atom. The lowest BCUT2D eigenvalue weighted by Gasteiger charge is -2.25. The van der Waals surface area contributed by atoms with E-state index in [-0.39, 0.29) is 17.6 Å². The molecule has 160 valence electrons. The first-order valence-electron chi connectivity index (χ1n) is 11.0. The van der Waals surface area contributed by atoms with Gasteiger partial charge in [-0.15, -0.1) is 0 Å². The number of rotatable bonds is 10. The van der Waals surface area contributed by atoms with Crippen molar-refractivity contribution in [3.63, 3.8) is 0 Å². The molecule has 0 fully saturated rings. The first-order chi connectivity index (χ1) is 15.8. The Morgan fingerprint density at radius 2 is 0.812 bits per heavy atom. The standard InChI is InChI=1S/C29H28N2O/c32-29(27(23-13-5-1-6-14-23)21-30-25-17-9-3-10-18-25)28(24-15-7-2-8-16-24)22-31-26-19-11-4-12-20-26/h1-20,27-28,30-31H,21-22H2. The highest BCUT2D eigenvalue weighted by Gasteiger charge is 2.29. The molecule has 0 aromatic heterocycles. The Labute approximate surface area is 190 Å². The van der Waals surface area contributed by atoms with Crippen LogP contribution in [0.25, 0.3) is 0 Å². The molecule has 0 spiro atoms. The average molecular weight is 421 g/mol. The molecule has 0 radical (unpaired) electrons. The van der Waals surface area contributed by atoms with Gasteiger partial charge < -0.3 is 10.6 Å². The lowest BCUT2D eigenvalue weighted by Crippen LogP contribution is -2.30. The second kappa shape index (κ2) is 11.0. The van der Waals surface area contributed by atoms with Crippen LogP contribution in [-0.2, 0) is 4.79 Å². The summed E-state index contributed by atoms with van der Waals surface area (Å²) in [5.41, 5.74) is 4.09. The van der Waals surface area contributed by atoms with Crippen molar-refractivity contribution in [3.8, 4) is 0 Å². The van der Waals surface area contributed by atoms with E-state index in [9.17, 15) is 4.79 Å². The van der Waals surface area contributed by atoms with Crippen LogP contribution >= 0.6 is 0 Å². The maximum atomic E-state index is 14.0. The first kappa shape index (κ1) is 21.4. The summed E-state index contributed by atoms with van der Waals surface area (Å²) in [7, 11) is 0. The molecule has 2 atom stereocenters. The number of ketones is 1. The fourth-order valence-corrected chi connectivity index (χ4v) is 3.93. The number of anilines is 2. The molecule has 2 unspecified atom stereocenters. The number of nitrogens with one attached hydrogen (secondary N) is 2. The van der Waals surface area contributed by atoms with Gasteiger partial charge in [0.05, 0.1) is 11.8 Å². The number of carbonyl (C=O) groups is 1. The molecule has 0 aliphatic carbocycles. The molecular formula is C29H28N2O. The first-order valence-corrected chi connectivity index (χ1v) is 11.0. The maximum Gasteiger partial charge on any atom is 0.151 e. The molecule has 0 heterocycles. The van der Waals surface area contributed by atoms with Gasteiger partial charge in [-0.25, -0.2) is 0 Å². The van der Waals surface area contributed by atoms with E-state index in [0.29, 0.717) is 13.1 Å². The van der Waals surface area contributed by atoms with E-state index in [0.717, 1.165) is 22.5 Å². The Balaban J connectivity index is 1.60. The van der Waals surface area contributed by atoms with Crippen LogP contribution in [0.5, 0.6) is 0 Å². The summed E-state index contributed by atoms with van der Waals surface area (Å²) < 4.78 is 0. The van der Waals surface area contributed by atoms with Crippen LogP contribution in [0.3, 0.4) is 0 Å². The second-order valence-corrected chi connectivity index (χ2v) is 7.82. The molecule has 3 heteroatoms. The zero-order chi connectivity index (χ0) is 22.0. The lowest BCUT2D eigenvalue weighted by molar-refractivity contribution is -0.121. The molecule has 0 amide bonds. The number of hydrogen-bond donors (Lipinski definition) is 2. The fraction of sp³-hybridized carbons (Fsp3) is 0.138. The minimum absolute atomic E-state index is 0.203. The van der Waals surface area contributed by atoms with E-state index < -0.39 is 0 Å². The number of hydrogen-bond acceptors (Lipinski definition) is 3. The molecule has 0 saturated carbocycles. The Morgan fingerprint density at radius 3 is 1.16 bits per heavy atom. The molecule has 4 aromatic carbocycles. The Kier molecular flexibility index (Phi) is 7.33. The van der Waals surface area contributed by atoms with Crippen LogP contribution in [0.15, 0.2) is 121 Å². The van der Waals surface area contributed by atoms with Gasteiger partial charge in [-0.05, 0) is 35.4 Å². The summed E-state index contributed by atoms with van der Waals surface area (Å²) in [6, 6.07) is 40.2. The largest absolute Gasteiger partial charge is 0.384 e. The normalized spacial score (nSPS) is 12.5. The molecule has 0 aliphatic rings. The highest BCUT2D eigenvalue weighted by Crippen LogP contribution is 2.28. The lowest BCUT2D eigenvalue weighted by atomic mass is 9.83. The predicted octanol–water partition coefficient (Wildman–Crippen LogP) is 6.35. The third kappa shape index (κ3) is 5.64. The molecule has 3 nitrogen and oxygen atoms in total. The molecule has 32 heavy (non-hydrogen) atoms. The predicted molar refractivity (Wildman–Crippen MR) is 133 cm³/mol. The molecule has 0 aliphatic heterocycles. The number of carbonyl (C=O) groups excluding carboxylic acids is 1. The summed E-state index contributed by atoms with van der Waals surface area (Å²) in [5.74, 6) is -0.326. The fourth-order valence-electron chi connectivity index (χ4n) is 3.93. The van der Waals surface area contributed by atoms with E-state index in [1.165, 1.54) is 0 Å². The van der Waals surface area contributed by atoms with Crippen molar-refractivity contribution in [3.05, 3.63) is 132 Å². The van der Waals surface area contributed by atoms with Gasteiger partial charge in [0.1, 0.15) is 0 Å². The van der Waals surface area contributed by atoms with Crippen LogP contribution < -0.4 is 10.6 Å². The summed E-state index contributed by atoms with van der Waals surface area (Å²) in [6.07, 6.45) is 0. The third-order valence-corrected chi connectivity index (χ3v) is 5.66. The molecule has 4 rings (SSSR count). The zero-order valence-electron chi connectivity index (χ0n) is 18.0. The van der Waals surface area contributed by atoms with Crippen molar-refractivity contribution in [2.24, 2.45) is 0 Å². The SMILES string of the molecule is O=C(C(CNc1ccccc1)c1ccccc1)C(CNc1ccccc1)c1ccccc1. The van der Waals surface area contributed by atoms with Crippen molar-refractivity contribution in [1.82, 2.24) is 0 Å². The average Bonchev–Trinajstić information content (AvgIpc) is 2.87. The smallest absolute Gasteiger partial charge is 0.151 e. The van der Waals surface area contributed by atoms with Gasteiger partial charge in [0, 0.05) is 24.5 Å². The van der Waals surface area contributed by atoms with Crippen LogP contribution in [0.4, 0.5) is 11.4 Å². The Hall–Kier alpha value is -3.85. The van der Waals surface area contributed by atoms with Gasteiger partial charge in [-0.2, -0.15) is 0 Å². The minimum atomic E-state index is -0.265. The van der Waals surface area contributed by atoms with Crippen molar-refractivity contribution in [1.29, 1.82) is 0 Å². The number of benzene rings is 4. The molecule has 4 aromatic rings. The van der Waals surface area contributed by atoms with Gasteiger partial charge in [0.15, 0.2) is 5.78 Å². The molecular weight excluding hydrogens is 392 g/mol. The Bertz CT molecular complexity index is 994. The summed E-state index contributed by atoms with van der Waals surface area (Å²) >= 11 is 0. The van der Waals surface area contributed by atoms with E-state index in [1.54, 1.807) is 0 Å². The van der Waals surface area contributed by atoms with Gasteiger partial charge in [0.2, 0.25) is 0 Å². The van der Waals surface area contributed by atoms with Gasteiger partial charge >= 0.3 is 0 Å². The van der Waals surface area contributed by atoms with Gasteiger partial charge in [-0.3, -0.25) is 4.79 Å². The second-order valence-electron chi connectivity index (χ2n) is 7.82. The van der Waals surface area contributed by atoms with E-state index in [1.807, 2.05) is 121 Å². The van der Waals surface area contributed by atoms with Crippen LogP contribution in [0, 0.1) is 0 Å². The number of Topliss-reactive ketones (excluding diaryl/α,β-unsaturated/α-hetero) is 1. The topological polar surface area (TPSA) is 41.1 Å². The monoisotopic (exact) mass is 420 g/mol. The summed E-state index contributed by atoms with van der Waals surface area (Å²) in [4.78, 5) is 14.0. The molecule has 2 N–H and O–H groups in total. The highest BCUT2D eigenvalue weighted by molar-refractivity contribution is 5.93. The summed E-state index contributed by atoms with van der Waals surface area (Å²) in [6.45, 7) is 1.09. The van der Waals surface area contributed by atoms with Crippen molar-refractivity contribution in [2.75, 3.05) is 23.7 Å².